The smallest absolute Gasteiger partial charge is 0.292 e. The molecular formula is C21H19N7O2. The summed E-state index contributed by atoms with van der Waals surface area (Å²) < 4.78 is 7.14. The van der Waals surface area contributed by atoms with Crippen LogP contribution in [-0.2, 0) is 0 Å². The largest absolute Gasteiger partial charge is 0.424 e. The van der Waals surface area contributed by atoms with E-state index in [-0.39, 0.29) is 18.0 Å². The summed E-state index contributed by atoms with van der Waals surface area (Å²) in [4.78, 5) is 27.6. The number of nitrogens with one attached hydrogen (secondary N) is 1. The Hall–Kier alpha value is -4.01. The lowest BCUT2D eigenvalue weighted by molar-refractivity contribution is 0.0603. The highest BCUT2D eigenvalue weighted by Gasteiger charge is 2.32. The van der Waals surface area contributed by atoms with Crippen molar-refractivity contribution in [2.75, 3.05) is 18.8 Å². The van der Waals surface area contributed by atoms with Crippen LogP contribution in [0.5, 0.6) is 0 Å². The summed E-state index contributed by atoms with van der Waals surface area (Å²) >= 11 is 0. The molecule has 1 aromatic carbocycles. The second-order valence-electron chi connectivity index (χ2n) is 7.16. The lowest BCUT2D eigenvalue weighted by Gasteiger charge is -2.36. The fraction of sp³-hybridized carbons (Fsp3) is 0.190. The van der Waals surface area contributed by atoms with Gasteiger partial charge in [0.05, 0.1) is 12.2 Å². The van der Waals surface area contributed by atoms with E-state index in [0.717, 1.165) is 11.1 Å². The Morgan fingerprint density at radius 1 is 1.30 bits per heavy atom. The van der Waals surface area contributed by atoms with Crippen LogP contribution in [0.2, 0.25) is 0 Å². The fourth-order valence-corrected chi connectivity index (χ4v) is 3.57. The Bertz CT molecular complexity index is 1300. The number of oxazole rings is 1. The minimum atomic E-state index is -0.0714. The number of hydrogen-bond acceptors (Lipinski definition) is 7. The molecule has 4 heterocycles. The molecule has 1 fully saturated rings. The summed E-state index contributed by atoms with van der Waals surface area (Å²) in [6, 6.07) is 9.74. The predicted molar refractivity (Wildman–Crippen MR) is 114 cm³/mol. The number of pyridine rings is 1. The Labute approximate surface area is 171 Å². The Kier molecular flexibility index (Phi) is 4.27. The number of nitrogens with two attached hydrogens (primary N) is 1. The van der Waals surface area contributed by atoms with E-state index in [0.29, 0.717) is 42.0 Å². The highest BCUT2D eigenvalue weighted by molar-refractivity contribution is 5.94. The molecule has 0 saturated carbocycles. The van der Waals surface area contributed by atoms with Gasteiger partial charge in [-0.2, -0.15) is 4.98 Å². The van der Waals surface area contributed by atoms with Crippen LogP contribution >= 0.6 is 0 Å². The first-order valence-corrected chi connectivity index (χ1v) is 9.56. The zero-order valence-electron chi connectivity index (χ0n) is 16.0. The van der Waals surface area contributed by atoms with Gasteiger partial charge in [-0.15, -0.1) is 0 Å². The molecule has 9 heteroatoms. The maximum atomic E-state index is 12.9. The number of likely N-dealkylation sites (tertiary alicyclic amines) is 1. The van der Waals surface area contributed by atoms with Gasteiger partial charge >= 0.3 is 0 Å². The van der Waals surface area contributed by atoms with Crippen molar-refractivity contribution in [1.82, 2.24) is 19.3 Å². The van der Waals surface area contributed by atoms with Crippen LogP contribution in [0.25, 0.3) is 27.9 Å². The normalized spacial score (nSPS) is 14.6. The van der Waals surface area contributed by atoms with Gasteiger partial charge in [-0.3, -0.25) is 14.2 Å². The van der Waals surface area contributed by atoms with Crippen LogP contribution in [-0.4, -0.2) is 56.7 Å². The zero-order chi connectivity index (χ0) is 20.7. The summed E-state index contributed by atoms with van der Waals surface area (Å²) in [5.74, 6) is -0.0714. The SMILES string of the molecule is N=CCC=NC1CN(C(=O)c2cnc3ccc(-c4ccc5oc(N)nc5c4)cn23)C1. The highest BCUT2D eigenvalue weighted by atomic mass is 16.4. The van der Waals surface area contributed by atoms with Crippen LogP contribution in [0.3, 0.4) is 0 Å². The highest BCUT2D eigenvalue weighted by Crippen LogP contribution is 2.26. The topological polar surface area (TPSA) is 126 Å². The molecule has 1 aliphatic heterocycles. The first-order chi connectivity index (χ1) is 14.6. The quantitative estimate of drug-likeness (QED) is 0.497. The molecule has 9 nitrogen and oxygen atoms in total. The Morgan fingerprint density at radius 2 is 2.13 bits per heavy atom. The number of carbonyl (C=O) groups excluding carboxylic acids is 1. The molecule has 0 atom stereocenters. The average molecular weight is 401 g/mol. The molecule has 0 aliphatic carbocycles. The lowest BCUT2D eigenvalue weighted by atomic mass is 10.1. The molecular weight excluding hydrogens is 382 g/mol. The molecule has 0 spiro atoms. The number of nitrogens with zero attached hydrogens (tertiary/aromatic N) is 5. The van der Waals surface area contributed by atoms with Gasteiger partial charge in [-0.1, -0.05) is 6.07 Å². The van der Waals surface area contributed by atoms with Gasteiger partial charge in [0.1, 0.15) is 16.9 Å². The number of rotatable bonds is 5. The molecule has 30 heavy (non-hydrogen) atoms. The van der Waals surface area contributed by atoms with Crippen LogP contribution in [0.4, 0.5) is 6.01 Å². The first kappa shape index (κ1) is 18.0. The maximum Gasteiger partial charge on any atom is 0.292 e. The van der Waals surface area contributed by atoms with Gasteiger partial charge in [0, 0.05) is 38.1 Å². The summed E-state index contributed by atoms with van der Waals surface area (Å²) in [5, 5.41) is 7.02. The number of carbonyl (C=O) groups is 1. The molecule has 3 N–H and O–H groups in total. The van der Waals surface area contributed by atoms with Crippen LogP contribution in [0, 0.1) is 5.41 Å². The monoisotopic (exact) mass is 401 g/mol. The van der Waals surface area contributed by atoms with Crippen molar-refractivity contribution in [3.8, 4) is 11.1 Å². The Morgan fingerprint density at radius 3 is 2.97 bits per heavy atom. The number of aliphatic imine (C=N–C) groups is 1. The number of aromatic nitrogens is 3. The number of fused-ring (bicyclic) bond motifs is 2. The number of benzene rings is 1. The molecule has 150 valence electrons. The van der Waals surface area contributed by atoms with Crippen molar-refractivity contribution >= 4 is 41.1 Å². The molecule has 0 unspecified atom stereocenters. The standard InChI is InChI=1S/C21H19N7O2/c22-6-1-7-24-15-11-27(12-15)20(29)17-9-25-19-5-3-14(10-28(17)19)13-2-4-18-16(8-13)26-21(23)30-18/h2-10,15,22H,1,11-12H2,(H2,23,26). The van der Waals surface area contributed by atoms with Gasteiger partial charge < -0.3 is 20.5 Å². The number of nitrogen functional groups attached to an aromatic ring is 1. The van der Waals surface area contributed by atoms with E-state index in [1.54, 1.807) is 17.3 Å². The third kappa shape index (κ3) is 3.10. The lowest BCUT2D eigenvalue weighted by Crippen LogP contribution is -2.53. The summed E-state index contributed by atoms with van der Waals surface area (Å²) in [7, 11) is 0. The van der Waals surface area contributed by atoms with E-state index in [2.05, 4.69) is 15.0 Å². The number of hydrogen-bond donors (Lipinski definition) is 2. The van der Waals surface area contributed by atoms with E-state index in [4.69, 9.17) is 15.6 Å². The van der Waals surface area contributed by atoms with Gasteiger partial charge in [-0.25, -0.2) is 4.98 Å². The fourth-order valence-electron chi connectivity index (χ4n) is 3.57. The van der Waals surface area contributed by atoms with Gasteiger partial charge in [0.15, 0.2) is 5.58 Å². The van der Waals surface area contributed by atoms with Crippen molar-refractivity contribution in [2.24, 2.45) is 4.99 Å². The molecule has 0 bridgehead atoms. The molecule has 5 rings (SSSR count). The summed E-state index contributed by atoms with van der Waals surface area (Å²) in [6.45, 7) is 1.15. The van der Waals surface area contributed by atoms with Crippen molar-refractivity contribution in [3.05, 3.63) is 48.4 Å². The van der Waals surface area contributed by atoms with Crippen LogP contribution in [0.1, 0.15) is 16.9 Å². The number of anilines is 1. The first-order valence-electron chi connectivity index (χ1n) is 9.56. The van der Waals surface area contributed by atoms with E-state index in [1.807, 2.05) is 40.9 Å². The van der Waals surface area contributed by atoms with E-state index < -0.39 is 0 Å². The number of imidazole rings is 1. The average Bonchev–Trinajstić information content (AvgIpc) is 3.30. The summed E-state index contributed by atoms with van der Waals surface area (Å²) in [6.07, 6.45) is 7.05. The van der Waals surface area contributed by atoms with Gasteiger partial charge in [-0.05, 0) is 35.4 Å². The molecule has 1 aliphatic rings. The molecule has 0 radical (unpaired) electrons. The maximum absolute atomic E-state index is 12.9. The summed E-state index contributed by atoms with van der Waals surface area (Å²) in [5.41, 5.74) is 10.0. The molecule has 1 saturated heterocycles. The van der Waals surface area contributed by atoms with Gasteiger partial charge in [0.25, 0.3) is 11.9 Å². The van der Waals surface area contributed by atoms with E-state index in [9.17, 15) is 4.79 Å². The zero-order valence-corrected chi connectivity index (χ0v) is 16.0. The van der Waals surface area contributed by atoms with Crippen LogP contribution in [0.15, 0.2) is 52.1 Å². The van der Waals surface area contributed by atoms with E-state index in [1.165, 1.54) is 6.21 Å². The van der Waals surface area contributed by atoms with E-state index >= 15 is 0 Å². The third-order valence-corrected chi connectivity index (χ3v) is 5.15. The third-order valence-electron chi connectivity index (χ3n) is 5.15. The molecule has 1 amide bonds. The minimum absolute atomic E-state index is 0.0714. The molecule has 3 aromatic heterocycles. The van der Waals surface area contributed by atoms with Crippen molar-refractivity contribution < 1.29 is 9.21 Å². The second-order valence-corrected chi connectivity index (χ2v) is 7.16. The predicted octanol–water partition coefficient (Wildman–Crippen LogP) is 2.66. The molecule has 4 aromatic rings. The minimum Gasteiger partial charge on any atom is -0.424 e. The van der Waals surface area contributed by atoms with Crippen molar-refractivity contribution in [1.29, 1.82) is 5.41 Å². The van der Waals surface area contributed by atoms with Gasteiger partial charge in [0.2, 0.25) is 0 Å². The van der Waals surface area contributed by atoms with Crippen LogP contribution < -0.4 is 5.73 Å². The number of amides is 1. The Balaban J connectivity index is 1.42. The van der Waals surface area contributed by atoms with Crippen molar-refractivity contribution in [3.63, 3.8) is 0 Å². The van der Waals surface area contributed by atoms with Crippen molar-refractivity contribution in [2.45, 2.75) is 12.5 Å². The second kappa shape index (κ2) is 7.11.